The van der Waals surface area contributed by atoms with Crippen LogP contribution in [0, 0.1) is 24.4 Å². The van der Waals surface area contributed by atoms with Gasteiger partial charge in [-0.05, 0) is 37.3 Å². The van der Waals surface area contributed by atoms with Crippen LogP contribution in [-0.4, -0.2) is 29.3 Å². The zero-order valence-electron chi connectivity index (χ0n) is 14.0. The Bertz CT molecular complexity index is 1200. The summed E-state index contributed by atoms with van der Waals surface area (Å²) in [5.74, 6) is -4.31. The van der Waals surface area contributed by atoms with Crippen LogP contribution in [0.2, 0.25) is 5.02 Å². The van der Waals surface area contributed by atoms with Crippen LogP contribution >= 0.6 is 11.6 Å². The van der Waals surface area contributed by atoms with E-state index in [0.29, 0.717) is 12.1 Å². The van der Waals surface area contributed by atoms with Crippen molar-refractivity contribution < 1.29 is 26.4 Å². The van der Waals surface area contributed by atoms with E-state index in [-0.39, 0.29) is 16.4 Å². The molecule has 0 spiro atoms. The van der Waals surface area contributed by atoms with E-state index in [0.717, 1.165) is 16.8 Å². The first-order chi connectivity index (χ1) is 13.1. The van der Waals surface area contributed by atoms with Gasteiger partial charge in [0.05, 0.1) is 5.69 Å². The van der Waals surface area contributed by atoms with Crippen LogP contribution in [0.4, 0.5) is 13.2 Å². The van der Waals surface area contributed by atoms with E-state index in [4.69, 9.17) is 11.6 Å². The van der Waals surface area contributed by atoms with Crippen molar-refractivity contribution in [1.82, 2.24) is 19.7 Å². The van der Waals surface area contributed by atoms with E-state index in [2.05, 4.69) is 10.3 Å². The lowest BCUT2D eigenvalue weighted by Crippen LogP contribution is -2.32. The van der Waals surface area contributed by atoms with Crippen molar-refractivity contribution in [3.05, 3.63) is 70.3 Å². The van der Waals surface area contributed by atoms with E-state index >= 15 is 0 Å². The van der Waals surface area contributed by atoms with Crippen molar-refractivity contribution in [3.8, 4) is 5.69 Å². The summed E-state index contributed by atoms with van der Waals surface area (Å²) in [6.45, 7) is 1.36. The fourth-order valence-electron chi connectivity index (χ4n) is 2.34. The van der Waals surface area contributed by atoms with Crippen LogP contribution in [0.3, 0.4) is 0 Å². The molecule has 1 aromatic heterocycles. The van der Waals surface area contributed by atoms with E-state index in [1.807, 2.05) is 0 Å². The highest BCUT2D eigenvalue weighted by atomic mass is 35.5. The molecule has 0 atom stereocenters. The number of benzene rings is 2. The van der Waals surface area contributed by atoms with E-state index in [1.165, 1.54) is 19.1 Å². The Morgan fingerprint density at radius 3 is 2.46 bits per heavy atom. The fraction of sp³-hybridized carbons (Fsp3) is 0.0625. The number of nitrogens with zero attached hydrogens (tertiary/aromatic N) is 3. The Kier molecular flexibility index (Phi) is 5.13. The van der Waals surface area contributed by atoms with Gasteiger partial charge in [-0.2, -0.15) is 0 Å². The number of amides is 1. The molecule has 1 N–H and O–H groups in total. The van der Waals surface area contributed by atoms with Gasteiger partial charge in [0.1, 0.15) is 28.0 Å². The van der Waals surface area contributed by atoms with Crippen molar-refractivity contribution in [1.29, 1.82) is 0 Å². The van der Waals surface area contributed by atoms with Gasteiger partial charge < -0.3 is 0 Å². The molecule has 1 heterocycles. The maximum Gasteiger partial charge on any atom is 0.287 e. The quantitative estimate of drug-likeness (QED) is 0.687. The van der Waals surface area contributed by atoms with E-state index < -0.39 is 44.0 Å². The lowest BCUT2D eigenvalue weighted by molar-refractivity contribution is 0.0976. The van der Waals surface area contributed by atoms with Gasteiger partial charge >= 0.3 is 0 Å². The molecule has 2 aromatic carbocycles. The molecule has 0 radical (unpaired) electrons. The van der Waals surface area contributed by atoms with Gasteiger partial charge in [-0.15, -0.1) is 5.10 Å². The minimum Gasteiger partial charge on any atom is -0.266 e. The average Bonchev–Trinajstić information content (AvgIpc) is 2.95. The number of hydrogen-bond donors (Lipinski definition) is 1. The van der Waals surface area contributed by atoms with Crippen molar-refractivity contribution in [2.45, 2.75) is 11.8 Å². The van der Waals surface area contributed by atoms with Crippen LogP contribution in [0.15, 0.2) is 41.3 Å². The number of carbonyl (C=O) groups is 1. The Hall–Kier alpha value is -2.92. The molecular weight excluding hydrogens is 421 g/mol. The Balaban J connectivity index is 1.92. The van der Waals surface area contributed by atoms with E-state index in [9.17, 15) is 26.4 Å². The maximum atomic E-state index is 14.1. The maximum absolute atomic E-state index is 14.1. The highest BCUT2D eigenvalue weighted by Crippen LogP contribution is 2.20. The summed E-state index contributed by atoms with van der Waals surface area (Å²) in [5.41, 5.74) is -0.477. The first-order valence-corrected chi connectivity index (χ1v) is 9.36. The van der Waals surface area contributed by atoms with Crippen molar-refractivity contribution in [2.75, 3.05) is 0 Å². The minimum absolute atomic E-state index is 0.0218. The number of aromatic nitrogens is 3. The monoisotopic (exact) mass is 430 g/mol. The predicted octanol–water partition coefficient (Wildman–Crippen LogP) is 2.77. The Morgan fingerprint density at radius 2 is 1.82 bits per heavy atom. The molecule has 0 saturated heterocycles. The standard InChI is InChI=1S/C16H10ClF3N4O3S/c1-8-15(21-23-24(8)13-4-2-9(17)6-11(13)19)16(25)22-28(26,27)14-5-3-10(18)7-12(14)20/h2-7H,1H3,(H,22,25). The van der Waals surface area contributed by atoms with Crippen LogP contribution < -0.4 is 4.72 Å². The number of carbonyl (C=O) groups excluding carboxylic acids is 1. The highest BCUT2D eigenvalue weighted by Gasteiger charge is 2.26. The highest BCUT2D eigenvalue weighted by molar-refractivity contribution is 7.90. The molecule has 0 unspecified atom stereocenters. The largest absolute Gasteiger partial charge is 0.287 e. The number of nitrogens with one attached hydrogen (secondary N) is 1. The first-order valence-electron chi connectivity index (χ1n) is 7.50. The van der Waals surface area contributed by atoms with Gasteiger partial charge in [-0.3, -0.25) is 4.79 Å². The second kappa shape index (κ2) is 7.24. The molecule has 0 aliphatic heterocycles. The third-order valence-electron chi connectivity index (χ3n) is 3.66. The van der Waals surface area contributed by atoms with Crippen LogP contribution in [0.5, 0.6) is 0 Å². The molecule has 0 bridgehead atoms. The SMILES string of the molecule is Cc1c(C(=O)NS(=O)(=O)c2ccc(F)cc2F)nnn1-c1ccc(Cl)cc1F. The zero-order chi connectivity index (χ0) is 20.6. The number of rotatable bonds is 4. The summed E-state index contributed by atoms with van der Waals surface area (Å²) in [6.07, 6.45) is 0. The van der Waals surface area contributed by atoms with Crippen molar-refractivity contribution in [2.24, 2.45) is 0 Å². The van der Waals surface area contributed by atoms with Crippen LogP contribution in [-0.2, 0) is 10.0 Å². The molecule has 0 fully saturated rings. The lowest BCUT2D eigenvalue weighted by Gasteiger charge is -2.08. The van der Waals surface area contributed by atoms with Crippen molar-refractivity contribution in [3.63, 3.8) is 0 Å². The molecule has 7 nitrogen and oxygen atoms in total. The molecule has 3 aromatic rings. The third kappa shape index (κ3) is 3.71. The topological polar surface area (TPSA) is 93.9 Å². The van der Waals surface area contributed by atoms with Gasteiger partial charge in [-0.25, -0.2) is 31.0 Å². The van der Waals surface area contributed by atoms with Gasteiger partial charge in [0.25, 0.3) is 15.9 Å². The summed E-state index contributed by atoms with van der Waals surface area (Å²) < 4.78 is 67.7. The van der Waals surface area contributed by atoms with Crippen LogP contribution in [0.1, 0.15) is 16.2 Å². The predicted molar refractivity (Wildman–Crippen MR) is 92.1 cm³/mol. The second-order valence-corrected chi connectivity index (χ2v) is 7.63. The van der Waals surface area contributed by atoms with E-state index in [1.54, 1.807) is 4.72 Å². The van der Waals surface area contributed by atoms with Gasteiger partial charge in [-0.1, -0.05) is 16.8 Å². The molecule has 0 aliphatic rings. The number of halogens is 4. The summed E-state index contributed by atoms with van der Waals surface area (Å²) >= 11 is 5.68. The fourth-order valence-corrected chi connectivity index (χ4v) is 3.51. The molecule has 12 heteroatoms. The lowest BCUT2D eigenvalue weighted by atomic mass is 10.2. The molecule has 28 heavy (non-hydrogen) atoms. The van der Waals surface area contributed by atoms with Crippen LogP contribution in [0.25, 0.3) is 5.69 Å². The molecule has 0 saturated carbocycles. The Morgan fingerprint density at radius 1 is 1.11 bits per heavy atom. The van der Waals surface area contributed by atoms with Gasteiger partial charge in [0.2, 0.25) is 0 Å². The third-order valence-corrected chi connectivity index (χ3v) is 5.26. The molecule has 146 valence electrons. The normalized spacial score (nSPS) is 11.5. The summed E-state index contributed by atoms with van der Waals surface area (Å²) in [4.78, 5) is 11.4. The van der Waals surface area contributed by atoms with Crippen molar-refractivity contribution >= 4 is 27.5 Å². The smallest absolute Gasteiger partial charge is 0.266 e. The molecule has 1 amide bonds. The van der Waals surface area contributed by atoms with Gasteiger partial charge in [0.15, 0.2) is 5.69 Å². The zero-order valence-corrected chi connectivity index (χ0v) is 15.5. The second-order valence-electron chi connectivity index (χ2n) is 5.54. The summed E-state index contributed by atoms with van der Waals surface area (Å²) in [5, 5.41) is 7.33. The molecule has 3 rings (SSSR count). The summed E-state index contributed by atoms with van der Waals surface area (Å²) in [6, 6.07) is 5.48. The number of sulfonamides is 1. The average molecular weight is 431 g/mol. The number of hydrogen-bond acceptors (Lipinski definition) is 5. The summed E-state index contributed by atoms with van der Waals surface area (Å²) in [7, 11) is -4.65. The van der Waals surface area contributed by atoms with Gasteiger partial charge in [0, 0.05) is 11.1 Å². The minimum atomic E-state index is -4.65. The Labute approximate surface area is 161 Å². The molecule has 0 aliphatic carbocycles. The molecular formula is C16H10ClF3N4O3S. The first kappa shape index (κ1) is 19.8.